The molecule has 0 atom stereocenters. The molecule has 0 radical (unpaired) electrons. The van der Waals surface area contributed by atoms with Gasteiger partial charge < -0.3 is 20.3 Å². The summed E-state index contributed by atoms with van der Waals surface area (Å²) in [5, 5.41) is 6.28. The number of hydrogen-bond donors (Lipinski definition) is 2. The van der Waals surface area contributed by atoms with E-state index in [1.165, 1.54) is 5.69 Å². The van der Waals surface area contributed by atoms with Gasteiger partial charge >= 0.3 is 0 Å². The second kappa shape index (κ2) is 11.1. The molecule has 0 spiro atoms. The third-order valence-corrected chi connectivity index (χ3v) is 5.48. The molecule has 1 aromatic carbocycles. The summed E-state index contributed by atoms with van der Waals surface area (Å²) in [6.07, 6.45) is 0. The Morgan fingerprint density at radius 2 is 1.74 bits per heavy atom. The number of benzene rings is 1. The van der Waals surface area contributed by atoms with Crippen molar-refractivity contribution in [1.82, 2.24) is 15.2 Å². The molecule has 168 valence electrons. The first-order valence-corrected chi connectivity index (χ1v) is 11.1. The molecule has 1 amide bonds. The number of rotatable bonds is 9. The Hall–Kier alpha value is -2.64. The Kier molecular flexibility index (Phi) is 8.26. The summed E-state index contributed by atoms with van der Waals surface area (Å²) in [5.74, 6) is 0.497. The molecule has 1 fully saturated rings. The minimum atomic E-state index is -0.154. The number of aromatic nitrogens is 1. The van der Waals surface area contributed by atoms with Crippen molar-refractivity contribution in [1.29, 1.82) is 0 Å². The van der Waals surface area contributed by atoms with Gasteiger partial charge in [0.1, 0.15) is 11.5 Å². The van der Waals surface area contributed by atoms with Crippen LogP contribution >= 0.6 is 0 Å². The molecule has 1 aromatic heterocycles. The van der Waals surface area contributed by atoms with Gasteiger partial charge in [0.15, 0.2) is 0 Å². The summed E-state index contributed by atoms with van der Waals surface area (Å²) in [7, 11) is 0. The Morgan fingerprint density at radius 1 is 1.06 bits per heavy atom. The van der Waals surface area contributed by atoms with Gasteiger partial charge in [-0.25, -0.2) is 4.98 Å². The molecule has 2 heterocycles. The molecule has 0 bridgehead atoms. The Labute approximate surface area is 185 Å². The molecule has 7 nitrogen and oxygen atoms in total. The molecular formula is C24H35N5O2. The highest BCUT2D eigenvalue weighted by molar-refractivity contribution is 5.92. The Morgan fingerprint density at radius 3 is 2.39 bits per heavy atom. The van der Waals surface area contributed by atoms with Gasteiger partial charge in [-0.05, 0) is 64.1 Å². The Balaban J connectivity index is 1.55. The van der Waals surface area contributed by atoms with Gasteiger partial charge in [-0.3, -0.25) is 9.69 Å². The molecule has 0 saturated carbocycles. The van der Waals surface area contributed by atoms with Crippen molar-refractivity contribution < 1.29 is 9.53 Å². The average molecular weight is 426 g/mol. The highest BCUT2D eigenvalue weighted by Crippen LogP contribution is 2.21. The van der Waals surface area contributed by atoms with Crippen molar-refractivity contribution in [3.63, 3.8) is 0 Å². The third kappa shape index (κ3) is 6.67. The van der Waals surface area contributed by atoms with Gasteiger partial charge in [0.25, 0.3) is 5.91 Å². The predicted molar refractivity (Wildman–Crippen MR) is 126 cm³/mol. The van der Waals surface area contributed by atoms with E-state index in [1.807, 2.05) is 24.3 Å². The van der Waals surface area contributed by atoms with Gasteiger partial charge in [0, 0.05) is 49.6 Å². The molecule has 0 aliphatic carbocycles. The fourth-order valence-corrected chi connectivity index (χ4v) is 3.86. The maximum absolute atomic E-state index is 12.6. The highest BCUT2D eigenvalue weighted by atomic mass is 16.5. The lowest BCUT2D eigenvalue weighted by Crippen LogP contribution is -2.42. The first-order chi connectivity index (χ1) is 14.9. The molecule has 0 unspecified atom stereocenters. The zero-order valence-corrected chi connectivity index (χ0v) is 19.1. The maximum Gasteiger partial charge on any atom is 0.270 e. The van der Waals surface area contributed by atoms with Crippen LogP contribution in [0.3, 0.4) is 0 Å². The van der Waals surface area contributed by atoms with E-state index in [4.69, 9.17) is 4.74 Å². The zero-order valence-electron chi connectivity index (χ0n) is 19.1. The fourth-order valence-electron chi connectivity index (χ4n) is 3.86. The zero-order chi connectivity index (χ0) is 22.2. The topological polar surface area (TPSA) is 69.7 Å². The van der Waals surface area contributed by atoms with Crippen LogP contribution in [0.2, 0.25) is 0 Å². The third-order valence-electron chi connectivity index (χ3n) is 5.48. The van der Waals surface area contributed by atoms with E-state index in [0.717, 1.165) is 38.5 Å². The first-order valence-electron chi connectivity index (χ1n) is 11.1. The summed E-state index contributed by atoms with van der Waals surface area (Å²) >= 11 is 0. The van der Waals surface area contributed by atoms with E-state index < -0.39 is 0 Å². The first kappa shape index (κ1) is 23.0. The van der Waals surface area contributed by atoms with E-state index in [1.54, 1.807) is 6.07 Å². The number of hydrogen-bond acceptors (Lipinski definition) is 6. The van der Waals surface area contributed by atoms with Gasteiger partial charge in [0.2, 0.25) is 0 Å². The number of amides is 1. The van der Waals surface area contributed by atoms with Gasteiger partial charge in [-0.2, -0.15) is 0 Å². The lowest BCUT2D eigenvalue weighted by Gasteiger charge is -2.30. The number of carbonyl (C=O) groups excluding carboxylic acids is 1. The standard InChI is InChI=1S/C24H35N5O2/c1-18(2)29(19(3)4)13-12-25-24(30)22-6-5-7-23(27-22)26-20-8-10-21(11-9-20)28-14-16-31-17-15-28/h5-11,18-19H,12-17H2,1-4H3,(H,25,30)(H,26,27). The van der Waals surface area contributed by atoms with E-state index in [-0.39, 0.29) is 5.91 Å². The molecular weight excluding hydrogens is 390 g/mol. The number of anilines is 3. The molecule has 31 heavy (non-hydrogen) atoms. The molecule has 1 aliphatic heterocycles. The van der Waals surface area contributed by atoms with E-state index in [0.29, 0.717) is 30.1 Å². The number of pyridine rings is 1. The summed E-state index contributed by atoms with van der Waals surface area (Å²) < 4.78 is 5.41. The van der Waals surface area contributed by atoms with Crippen LogP contribution in [-0.2, 0) is 4.74 Å². The quantitative estimate of drug-likeness (QED) is 0.641. The molecule has 1 saturated heterocycles. The molecule has 1 aliphatic rings. The van der Waals surface area contributed by atoms with Crippen molar-refractivity contribution >= 4 is 23.1 Å². The van der Waals surface area contributed by atoms with Crippen LogP contribution in [0, 0.1) is 0 Å². The van der Waals surface area contributed by atoms with Crippen LogP contribution in [0.25, 0.3) is 0 Å². The second-order valence-electron chi connectivity index (χ2n) is 8.36. The lowest BCUT2D eigenvalue weighted by atomic mass is 10.2. The second-order valence-corrected chi connectivity index (χ2v) is 8.36. The highest BCUT2D eigenvalue weighted by Gasteiger charge is 2.14. The minimum Gasteiger partial charge on any atom is -0.378 e. The van der Waals surface area contributed by atoms with Crippen molar-refractivity contribution in [3.05, 3.63) is 48.2 Å². The van der Waals surface area contributed by atoms with Gasteiger partial charge in [0.05, 0.1) is 13.2 Å². The van der Waals surface area contributed by atoms with Crippen LogP contribution in [0.1, 0.15) is 38.2 Å². The number of morpholine rings is 1. The van der Waals surface area contributed by atoms with Crippen LogP contribution in [0.4, 0.5) is 17.2 Å². The van der Waals surface area contributed by atoms with Crippen LogP contribution < -0.4 is 15.5 Å². The van der Waals surface area contributed by atoms with E-state index in [9.17, 15) is 4.79 Å². The number of ether oxygens (including phenoxy) is 1. The summed E-state index contributed by atoms with van der Waals surface area (Å²) in [6, 6.07) is 14.6. The molecule has 3 rings (SSSR count). The summed E-state index contributed by atoms with van der Waals surface area (Å²) in [5.41, 5.74) is 2.54. The van der Waals surface area contributed by atoms with Gasteiger partial charge in [-0.15, -0.1) is 0 Å². The largest absolute Gasteiger partial charge is 0.378 e. The minimum absolute atomic E-state index is 0.154. The Bertz CT molecular complexity index is 824. The summed E-state index contributed by atoms with van der Waals surface area (Å²) in [6.45, 7) is 13.5. The molecule has 2 N–H and O–H groups in total. The number of carbonyl (C=O) groups is 1. The van der Waals surface area contributed by atoms with Crippen molar-refractivity contribution in [2.45, 2.75) is 39.8 Å². The average Bonchev–Trinajstić information content (AvgIpc) is 2.77. The summed E-state index contributed by atoms with van der Waals surface area (Å²) in [4.78, 5) is 21.7. The smallest absolute Gasteiger partial charge is 0.270 e. The normalized spacial score (nSPS) is 14.4. The molecule has 7 heteroatoms. The number of nitrogens with one attached hydrogen (secondary N) is 2. The van der Waals surface area contributed by atoms with E-state index in [2.05, 4.69) is 65.2 Å². The number of nitrogens with zero attached hydrogens (tertiary/aromatic N) is 3. The lowest BCUT2D eigenvalue weighted by molar-refractivity contribution is 0.0934. The fraction of sp³-hybridized carbons (Fsp3) is 0.500. The monoisotopic (exact) mass is 425 g/mol. The predicted octanol–water partition coefficient (Wildman–Crippen LogP) is 3.51. The van der Waals surface area contributed by atoms with Crippen LogP contribution in [-0.4, -0.2) is 67.3 Å². The van der Waals surface area contributed by atoms with Crippen LogP contribution in [0.5, 0.6) is 0 Å². The SMILES string of the molecule is CC(C)N(CCNC(=O)c1cccc(Nc2ccc(N3CCOCC3)cc2)n1)C(C)C. The van der Waals surface area contributed by atoms with Gasteiger partial charge in [-0.1, -0.05) is 6.07 Å². The molecule has 2 aromatic rings. The maximum atomic E-state index is 12.6. The van der Waals surface area contributed by atoms with Crippen molar-refractivity contribution in [2.24, 2.45) is 0 Å². The van der Waals surface area contributed by atoms with Crippen molar-refractivity contribution in [2.75, 3.05) is 49.6 Å². The van der Waals surface area contributed by atoms with E-state index >= 15 is 0 Å². The van der Waals surface area contributed by atoms with Crippen molar-refractivity contribution in [3.8, 4) is 0 Å². The van der Waals surface area contributed by atoms with Crippen LogP contribution in [0.15, 0.2) is 42.5 Å².